The fourth-order valence-corrected chi connectivity index (χ4v) is 2.70. The van der Waals surface area contributed by atoms with E-state index in [1.165, 1.54) is 25.3 Å². The van der Waals surface area contributed by atoms with Gasteiger partial charge in [0.2, 0.25) is 0 Å². The van der Waals surface area contributed by atoms with E-state index in [0.717, 1.165) is 5.01 Å². The zero-order chi connectivity index (χ0) is 18.0. The van der Waals surface area contributed by atoms with Gasteiger partial charge in [0, 0.05) is 11.4 Å². The molecule has 0 spiro atoms. The highest BCUT2D eigenvalue weighted by atomic mass is 35.5. The van der Waals surface area contributed by atoms with Crippen molar-refractivity contribution in [1.29, 1.82) is 0 Å². The molecular formula is C18H14ClFN2O3. The molecule has 1 aliphatic rings. The summed E-state index contributed by atoms with van der Waals surface area (Å²) in [5.74, 6) is -2.77. The number of rotatable bonds is 3. The zero-order valence-corrected chi connectivity index (χ0v) is 14.0. The van der Waals surface area contributed by atoms with E-state index in [1.54, 1.807) is 30.3 Å². The van der Waals surface area contributed by atoms with Gasteiger partial charge in [-0.05, 0) is 35.9 Å². The van der Waals surface area contributed by atoms with Crippen LogP contribution in [0.1, 0.15) is 12.0 Å². The monoisotopic (exact) mass is 360 g/mol. The molecule has 2 aromatic carbocycles. The largest absolute Gasteiger partial charge is 0.468 e. The molecule has 1 unspecified atom stereocenters. The third-order valence-electron chi connectivity index (χ3n) is 3.84. The van der Waals surface area contributed by atoms with Crippen molar-refractivity contribution in [1.82, 2.24) is 0 Å². The molecule has 2 aromatic rings. The number of carbonyl (C=O) groups excluding carboxylic acids is 2. The molecule has 1 aliphatic heterocycles. The predicted molar refractivity (Wildman–Crippen MR) is 92.0 cm³/mol. The van der Waals surface area contributed by atoms with Gasteiger partial charge in [-0.3, -0.25) is 9.59 Å². The minimum absolute atomic E-state index is 0.0962. The summed E-state index contributed by atoms with van der Waals surface area (Å²) in [6, 6.07) is 12.3. The van der Waals surface area contributed by atoms with Gasteiger partial charge in [-0.1, -0.05) is 29.8 Å². The molecular weight excluding hydrogens is 347 g/mol. The number of benzene rings is 2. The van der Waals surface area contributed by atoms with Crippen molar-refractivity contribution in [2.24, 2.45) is 11.0 Å². The average molecular weight is 361 g/mol. The molecule has 3 rings (SSSR count). The normalized spacial score (nSPS) is 17.2. The second kappa shape index (κ2) is 7.03. The summed E-state index contributed by atoms with van der Waals surface area (Å²) in [6.07, 6.45) is 0.0962. The third kappa shape index (κ3) is 3.53. The molecule has 1 atom stereocenters. The Labute approximate surface area is 148 Å². The van der Waals surface area contributed by atoms with Gasteiger partial charge in [0.05, 0.1) is 18.5 Å². The zero-order valence-electron chi connectivity index (χ0n) is 13.3. The summed E-state index contributed by atoms with van der Waals surface area (Å²) in [4.78, 5) is 24.7. The molecule has 128 valence electrons. The van der Waals surface area contributed by atoms with Gasteiger partial charge in [0.25, 0.3) is 5.91 Å². The van der Waals surface area contributed by atoms with Crippen molar-refractivity contribution in [3.8, 4) is 0 Å². The van der Waals surface area contributed by atoms with Crippen LogP contribution in [0.4, 0.5) is 10.1 Å². The topological polar surface area (TPSA) is 59.0 Å². The lowest BCUT2D eigenvalue weighted by Crippen LogP contribution is -2.43. The van der Waals surface area contributed by atoms with E-state index in [0.29, 0.717) is 16.3 Å². The second-order valence-corrected chi connectivity index (χ2v) is 5.90. The molecule has 1 amide bonds. The fourth-order valence-electron chi connectivity index (χ4n) is 2.58. The van der Waals surface area contributed by atoms with E-state index in [-0.39, 0.29) is 12.1 Å². The van der Waals surface area contributed by atoms with Gasteiger partial charge < -0.3 is 4.74 Å². The second-order valence-electron chi connectivity index (χ2n) is 5.46. The molecule has 0 fully saturated rings. The van der Waals surface area contributed by atoms with Crippen molar-refractivity contribution in [3.05, 3.63) is 64.9 Å². The van der Waals surface area contributed by atoms with Gasteiger partial charge in [-0.2, -0.15) is 10.1 Å². The Balaban J connectivity index is 2.07. The number of esters is 1. The van der Waals surface area contributed by atoms with Crippen molar-refractivity contribution < 1.29 is 18.7 Å². The molecule has 25 heavy (non-hydrogen) atoms. The number of anilines is 1. The first-order valence-electron chi connectivity index (χ1n) is 7.50. The number of amides is 1. The molecule has 0 N–H and O–H groups in total. The lowest BCUT2D eigenvalue weighted by atomic mass is 9.95. The van der Waals surface area contributed by atoms with Crippen molar-refractivity contribution in [2.45, 2.75) is 6.42 Å². The van der Waals surface area contributed by atoms with E-state index >= 15 is 0 Å². The number of nitrogens with zero attached hydrogens (tertiary/aromatic N) is 2. The van der Waals surface area contributed by atoms with E-state index in [4.69, 9.17) is 16.3 Å². The van der Waals surface area contributed by atoms with Gasteiger partial charge in [-0.25, -0.2) is 4.39 Å². The van der Waals surface area contributed by atoms with Crippen LogP contribution in [0.25, 0.3) is 0 Å². The summed E-state index contributed by atoms with van der Waals surface area (Å²) in [6.45, 7) is 0. The van der Waals surface area contributed by atoms with Crippen LogP contribution in [-0.2, 0) is 14.3 Å². The van der Waals surface area contributed by atoms with Crippen molar-refractivity contribution in [2.75, 3.05) is 12.1 Å². The maximum absolute atomic E-state index is 13.5. The van der Waals surface area contributed by atoms with Gasteiger partial charge in [0.15, 0.2) is 0 Å². The summed E-state index contributed by atoms with van der Waals surface area (Å²) in [7, 11) is 1.22. The molecule has 0 bridgehead atoms. The van der Waals surface area contributed by atoms with E-state index in [1.807, 2.05) is 0 Å². The number of hydrazone groups is 1. The van der Waals surface area contributed by atoms with Gasteiger partial charge in [-0.15, -0.1) is 0 Å². The first kappa shape index (κ1) is 17.1. The summed E-state index contributed by atoms with van der Waals surface area (Å²) in [5.41, 5.74) is 1.47. The molecule has 0 aromatic heterocycles. The van der Waals surface area contributed by atoms with Crippen LogP contribution in [0.5, 0.6) is 0 Å². The lowest BCUT2D eigenvalue weighted by Gasteiger charge is -2.28. The highest BCUT2D eigenvalue weighted by Gasteiger charge is 2.38. The number of halogens is 2. The van der Waals surface area contributed by atoms with Gasteiger partial charge >= 0.3 is 5.97 Å². The van der Waals surface area contributed by atoms with Crippen LogP contribution < -0.4 is 5.01 Å². The Hall–Kier alpha value is -2.73. The SMILES string of the molecule is COC(=O)C1CC(c2ccc(Cl)cc2)=NN(c2cccc(F)c2)C1=O. The highest BCUT2D eigenvalue weighted by Crippen LogP contribution is 2.27. The van der Waals surface area contributed by atoms with Gasteiger partial charge in [0.1, 0.15) is 11.7 Å². The average Bonchev–Trinajstić information content (AvgIpc) is 2.62. The number of ether oxygens (including phenoxy) is 1. The van der Waals surface area contributed by atoms with Crippen LogP contribution in [0.2, 0.25) is 5.02 Å². The minimum Gasteiger partial charge on any atom is -0.468 e. The molecule has 7 heteroatoms. The van der Waals surface area contributed by atoms with E-state index in [9.17, 15) is 14.0 Å². The Morgan fingerprint density at radius 2 is 2.00 bits per heavy atom. The fraction of sp³-hybridized carbons (Fsp3) is 0.167. The molecule has 0 saturated carbocycles. The smallest absolute Gasteiger partial charge is 0.318 e. The van der Waals surface area contributed by atoms with E-state index in [2.05, 4.69) is 5.10 Å². The molecule has 1 heterocycles. The van der Waals surface area contributed by atoms with Crippen LogP contribution in [0.15, 0.2) is 53.6 Å². The highest BCUT2D eigenvalue weighted by molar-refractivity contribution is 6.30. The lowest BCUT2D eigenvalue weighted by molar-refractivity contribution is -0.149. The molecule has 0 radical (unpaired) electrons. The summed E-state index contributed by atoms with van der Waals surface area (Å²) in [5, 5.41) is 5.92. The van der Waals surface area contributed by atoms with E-state index < -0.39 is 23.6 Å². The van der Waals surface area contributed by atoms with Crippen molar-refractivity contribution in [3.63, 3.8) is 0 Å². The Morgan fingerprint density at radius 3 is 2.64 bits per heavy atom. The van der Waals surface area contributed by atoms with Crippen LogP contribution in [0.3, 0.4) is 0 Å². The number of methoxy groups -OCH3 is 1. The third-order valence-corrected chi connectivity index (χ3v) is 4.09. The first-order valence-corrected chi connectivity index (χ1v) is 7.88. The quantitative estimate of drug-likeness (QED) is 0.622. The Kier molecular flexibility index (Phi) is 4.81. The maximum Gasteiger partial charge on any atom is 0.318 e. The number of hydrogen-bond donors (Lipinski definition) is 0. The molecule has 5 nitrogen and oxygen atoms in total. The predicted octanol–water partition coefficient (Wildman–Crippen LogP) is 3.41. The molecule has 0 saturated heterocycles. The maximum atomic E-state index is 13.5. The number of hydrogen-bond acceptors (Lipinski definition) is 4. The first-order chi connectivity index (χ1) is 12.0. The van der Waals surface area contributed by atoms with Crippen LogP contribution in [-0.4, -0.2) is 24.7 Å². The minimum atomic E-state index is -1.04. The van der Waals surface area contributed by atoms with Crippen molar-refractivity contribution >= 4 is 34.9 Å². The molecule has 0 aliphatic carbocycles. The number of carbonyl (C=O) groups is 2. The van der Waals surface area contributed by atoms with Crippen LogP contribution >= 0.6 is 11.6 Å². The Bertz CT molecular complexity index is 852. The van der Waals surface area contributed by atoms with Crippen LogP contribution in [0, 0.1) is 11.7 Å². The Morgan fingerprint density at radius 1 is 1.28 bits per heavy atom. The standard InChI is InChI=1S/C18H14ClFN2O3/c1-25-18(24)15-10-16(11-5-7-12(19)8-6-11)21-22(17(15)23)14-4-2-3-13(20)9-14/h2-9,15H,10H2,1H3. The summed E-state index contributed by atoms with van der Waals surface area (Å²) < 4.78 is 18.3. The summed E-state index contributed by atoms with van der Waals surface area (Å²) >= 11 is 5.90.